The average Bonchev–Trinajstić information content (AvgIpc) is 3.32. The Morgan fingerprint density at radius 3 is 2.90 bits per heavy atom. The molecule has 2 heterocycles. The van der Waals surface area contributed by atoms with E-state index in [1.54, 1.807) is 0 Å². The Morgan fingerprint density at radius 2 is 2.15 bits per heavy atom. The van der Waals surface area contributed by atoms with Crippen molar-refractivity contribution in [2.24, 2.45) is 0 Å². The summed E-state index contributed by atoms with van der Waals surface area (Å²) >= 11 is 0. The maximum atomic E-state index is 11.8. The van der Waals surface area contributed by atoms with Gasteiger partial charge in [-0.2, -0.15) is 0 Å². The molecule has 5 heteroatoms. The molecule has 0 atom stereocenters. The zero-order chi connectivity index (χ0) is 13.9. The van der Waals surface area contributed by atoms with Crippen LogP contribution in [0.5, 0.6) is 0 Å². The summed E-state index contributed by atoms with van der Waals surface area (Å²) in [7, 11) is 0. The zero-order valence-electron chi connectivity index (χ0n) is 12.1. The molecule has 0 bridgehead atoms. The third kappa shape index (κ3) is 2.92. The van der Waals surface area contributed by atoms with Gasteiger partial charge in [0.05, 0.1) is 0 Å². The van der Waals surface area contributed by atoms with Crippen LogP contribution >= 0.6 is 0 Å². The predicted octanol–water partition coefficient (Wildman–Crippen LogP) is 1.80. The van der Waals surface area contributed by atoms with Crippen molar-refractivity contribution in [3.05, 3.63) is 18.1 Å². The largest absolute Gasteiger partial charge is 0.355 e. The number of amides is 1. The molecule has 2 fully saturated rings. The van der Waals surface area contributed by atoms with E-state index < -0.39 is 0 Å². The molecule has 0 radical (unpaired) electrons. The summed E-state index contributed by atoms with van der Waals surface area (Å²) < 4.78 is 0. The monoisotopic (exact) mass is 274 g/mol. The van der Waals surface area contributed by atoms with Crippen molar-refractivity contribution in [2.45, 2.75) is 38.5 Å². The van der Waals surface area contributed by atoms with Crippen molar-refractivity contribution in [1.82, 2.24) is 14.9 Å². The quantitative estimate of drug-likeness (QED) is 0.843. The fourth-order valence-corrected chi connectivity index (χ4v) is 2.70. The van der Waals surface area contributed by atoms with E-state index in [2.05, 4.69) is 9.88 Å². The second-order valence-corrected chi connectivity index (χ2v) is 5.62. The van der Waals surface area contributed by atoms with E-state index in [1.807, 2.05) is 24.1 Å². The molecule has 2 aliphatic rings. The van der Waals surface area contributed by atoms with Crippen LogP contribution in [0.15, 0.2) is 12.3 Å². The molecule has 1 saturated carbocycles. The Bertz CT molecular complexity index is 487. The summed E-state index contributed by atoms with van der Waals surface area (Å²) in [4.78, 5) is 25.1. The first kappa shape index (κ1) is 13.3. The molecule has 1 aliphatic carbocycles. The summed E-state index contributed by atoms with van der Waals surface area (Å²) in [5.41, 5.74) is 0. The molecule has 0 spiro atoms. The highest BCUT2D eigenvalue weighted by atomic mass is 16.2. The van der Waals surface area contributed by atoms with E-state index in [0.717, 1.165) is 44.2 Å². The molecular weight excluding hydrogens is 252 g/mol. The van der Waals surface area contributed by atoms with Gasteiger partial charge >= 0.3 is 0 Å². The minimum absolute atomic E-state index is 0.258. The summed E-state index contributed by atoms with van der Waals surface area (Å²) in [6, 6.07) is 1.99. The molecule has 1 amide bonds. The maximum absolute atomic E-state index is 11.8. The van der Waals surface area contributed by atoms with E-state index in [1.165, 1.54) is 12.8 Å². The van der Waals surface area contributed by atoms with Crippen molar-refractivity contribution < 1.29 is 4.79 Å². The van der Waals surface area contributed by atoms with Crippen molar-refractivity contribution in [3.8, 4) is 0 Å². The summed E-state index contributed by atoms with van der Waals surface area (Å²) in [6.07, 6.45) is 5.92. The number of rotatable bonds is 3. The van der Waals surface area contributed by atoms with Gasteiger partial charge in [0.15, 0.2) is 0 Å². The van der Waals surface area contributed by atoms with Gasteiger partial charge in [0.2, 0.25) is 5.91 Å². The van der Waals surface area contributed by atoms with Crippen molar-refractivity contribution in [3.63, 3.8) is 0 Å². The molecule has 20 heavy (non-hydrogen) atoms. The van der Waals surface area contributed by atoms with E-state index in [4.69, 9.17) is 4.98 Å². The highest BCUT2D eigenvalue weighted by molar-refractivity contribution is 5.75. The third-order valence-corrected chi connectivity index (χ3v) is 4.08. The second kappa shape index (κ2) is 5.77. The van der Waals surface area contributed by atoms with Crippen LogP contribution in [-0.4, -0.2) is 47.0 Å². The van der Waals surface area contributed by atoms with Gasteiger partial charge in [0.1, 0.15) is 11.6 Å². The van der Waals surface area contributed by atoms with Gasteiger partial charge < -0.3 is 9.80 Å². The molecular formula is C15H22N4O. The maximum Gasteiger partial charge on any atom is 0.222 e. The third-order valence-electron chi connectivity index (χ3n) is 4.08. The van der Waals surface area contributed by atoms with Crippen molar-refractivity contribution in [2.75, 3.05) is 31.1 Å². The highest BCUT2D eigenvalue weighted by Crippen LogP contribution is 2.38. The van der Waals surface area contributed by atoms with Gasteiger partial charge in [0, 0.05) is 44.7 Å². The number of nitrogens with zero attached hydrogens (tertiary/aromatic N) is 4. The van der Waals surface area contributed by atoms with E-state index in [9.17, 15) is 4.79 Å². The average molecular weight is 274 g/mol. The molecule has 1 saturated heterocycles. The van der Waals surface area contributed by atoms with Gasteiger partial charge in [-0.3, -0.25) is 4.79 Å². The van der Waals surface area contributed by atoms with Crippen LogP contribution < -0.4 is 4.90 Å². The minimum Gasteiger partial charge on any atom is -0.355 e. The van der Waals surface area contributed by atoms with E-state index >= 15 is 0 Å². The fourth-order valence-electron chi connectivity index (χ4n) is 2.70. The van der Waals surface area contributed by atoms with Gasteiger partial charge in [-0.15, -0.1) is 0 Å². The van der Waals surface area contributed by atoms with Crippen LogP contribution in [0.2, 0.25) is 0 Å². The number of carbonyl (C=O) groups is 1. The van der Waals surface area contributed by atoms with Crippen LogP contribution in [0.1, 0.15) is 44.3 Å². The fraction of sp³-hybridized carbons (Fsp3) is 0.667. The summed E-state index contributed by atoms with van der Waals surface area (Å²) in [5, 5.41) is 0. The number of aromatic nitrogens is 2. The van der Waals surface area contributed by atoms with Crippen molar-refractivity contribution in [1.29, 1.82) is 0 Å². The van der Waals surface area contributed by atoms with Crippen LogP contribution in [0.25, 0.3) is 0 Å². The molecule has 3 rings (SSSR count). The first-order valence-corrected chi connectivity index (χ1v) is 7.63. The molecule has 1 aliphatic heterocycles. The zero-order valence-corrected chi connectivity index (χ0v) is 12.1. The molecule has 1 aromatic rings. The van der Waals surface area contributed by atoms with Gasteiger partial charge in [-0.25, -0.2) is 9.97 Å². The van der Waals surface area contributed by atoms with Crippen LogP contribution in [0.3, 0.4) is 0 Å². The smallest absolute Gasteiger partial charge is 0.222 e. The summed E-state index contributed by atoms with van der Waals surface area (Å²) in [6.45, 7) is 5.43. The van der Waals surface area contributed by atoms with Crippen molar-refractivity contribution >= 4 is 11.7 Å². The molecule has 5 nitrogen and oxygen atoms in total. The Balaban J connectivity index is 1.68. The number of carbonyl (C=O) groups excluding carboxylic acids is 1. The van der Waals surface area contributed by atoms with Crippen LogP contribution in [0, 0.1) is 0 Å². The Morgan fingerprint density at radius 1 is 1.30 bits per heavy atom. The van der Waals surface area contributed by atoms with Gasteiger partial charge in [-0.05, 0) is 25.3 Å². The Labute approximate surface area is 120 Å². The standard InChI is InChI=1S/C15H22N4O/c1-2-14(20)19-9-3-8-18(10-11-19)13-6-7-16-15(17-13)12-4-5-12/h6-7,12H,2-5,8-11H2,1H3. The first-order chi connectivity index (χ1) is 9.78. The molecule has 108 valence electrons. The number of hydrogen-bond acceptors (Lipinski definition) is 4. The summed E-state index contributed by atoms with van der Waals surface area (Å²) in [5.74, 6) is 2.86. The normalized spacial score (nSPS) is 19.9. The topological polar surface area (TPSA) is 49.3 Å². The number of hydrogen-bond donors (Lipinski definition) is 0. The van der Waals surface area contributed by atoms with Crippen LogP contribution in [0.4, 0.5) is 5.82 Å². The Kier molecular flexibility index (Phi) is 3.85. The SMILES string of the molecule is CCC(=O)N1CCCN(c2ccnc(C3CC3)n2)CC1. The lowest BCUT2D eigenvalue weighted by atomic mass is 10.3. The minimum atomic E-state index is 0.258. The Hall–Kier alpha value is -1.65. The number of anilines is 1. The predicted molar refractivity (Wildman–Crippen MR) is 77.7 cm³/mol. The van der Waals surface area contributed by atoms with Crippen LogP contribution in [-0.2, 0) is 4.79 Å². The molecule has 1 aromatic heterocycles. The molecule has 0 unspecified atom stereocenters. The molecule has 0 aromatic carbocycles. The van der Waals surface area contributed by atoms with E-state index in [-0.39, 0.29) is 5.91 Å². The van der Waals surface area contributed by atoms with Gasteiger partial charge in [-0.1, -0.05) is 6.92 Å². The second-order valence-electron chi connectivity index (χ2n) is 5.62. The lowest BCUT2D eigenvalue weighted by Crippen LogP contribution is -2.35. The molecule has 0 N–H and O–H groups in total. The highest BCUT2D eigenvalue weighted by Gasteiger charge is 2.27. The van der Waals surface area contributed by atoms with E-state index in [0.29, 0.717) is 12.3 Å². The lowest BCUT2D eigenvalue weighted by molar-refractivity contribution is -0.130. The lowest BCUT2D eigenvalue weighted by Gasteiger charge is -2.22. The van der Waals surface area contributed by atoms with Gasteiger partial charge in [0.25, 0.3) is 0 Å². The first-order valence-electron chi connectivity index (χ1n) is 7.63.